The fourth-order valence-electron chi connectivity index (χ4n) is 2.70. The summed E-state index contributed by atoms with van der Waals surface area (Å²) in [6, 6.07) is 27.5. The van der Waals surface area contributed by atoms with Crippen LogP contribution in [0.4, 0.5) is 11.4 Å². The van der Waals surface area contributed by atoms with E-state index in [-0.39, 0.29) is 0 Å². The average Bonchev–Trinajstić information content (AvgIpc) is 2.55. The molecule has 21 heavy (non-hydrogen) atoms. The van der Waals surface area contributed by atoms with E-state index in [0.717, 1.165) is 0 Å². The van der Waals surface area contributed by atoms with Crippen molar-refractivity contribution in [2.24, 2.45) is 0 Å². The Hall–Kier alpha value is -2.54. The number of aryl methyl sites for hydroxylation is 1. The highest BCUT2D eigenvalue weighted by molar-refractivity contribution is 5.84. The number of benzene rings is 3. The lowest BCUT2D eigenvalue weighted by atomic mass is 9.98. The van der Waals surface area contributed by atoms with Crippen LogP contribution >= 0.6 is 0 Å². The summed E-state index contributed by atoms with van der Waals surface area (Å²) in [6.07, 6.45) is 0. The topological polar surface area (TPSA) is 3.24 Å². The standard InChI is InChI=1S/C20H19N/c1-16-10-9-15-19(20(16)17-11-5-3-6-12-17)21(2)18-13-7-4-8-14-18/h3-15H,1-2H3. The molecule has 0 aromatic heterocycles. The van der Waals surface area contributed by atoms with Gasteiger partial charge >= 0.3 is 0 Å². The summed E-state index contributed by atoms with van der Waals surface area (Å²) in [7, 11) is 2.12. The van der Waals surface area contributed by atoms with Gasteiger partial charge in [0.1, 0.15) is 0 Å². The quantitative estimate of drug-likeness (QED) is 0.615. The van der Waals surface area contributed by atoms with Gasteiger partial charge in [0.2, 0.25) is 0 Å². The number of para-hydroxylation sites is 1. The highest BCUT2D eigenvalue weighted by atomic mass is 15.1. The minimum absolute atomic E-state index is 1.19. The van der Waals surface area contributed by atoms with Crippen molar-refractivity contribution in [3.8, 4) is 11.1 Å². The van der Waals surface area contributed by atoms with Crippen LogP contribution in [0.3, 0.4) is 0 Å². The molecular weight excluding hydrogens is 254 g/mol. The van der Waals surface area contributed by atoms with Crippen LogP contribution in [0.1, 0.15) is 5.56 Å². The van der Waals surface area contributed by atoms with Gasteiger partial charge in [0.15, 0.2) is 0 Å². The first-order valence-corrected chi connectivity index (χ1v) is 7.21. The van der Waals surface area contributed by atoms with E-state index in [0.29, 0.717) is 0 Å². The summed E-state index contributed by atoms with van der Waals surface area (Å²) in [4.78, 5) is 2.25. The SMILES string of the molecule is Cc1cccc(N(C)c2ccccc2)c1-c1ccccc1. The van der Waals surface area contributed by atoms with E-state index < -0.39 is 0 Å². The van der Waals surface area contributed by atoms with Crippen LogP contribution in [0.15, 0.2) is 78.9 Å². The van der Waals surface area contributed by atoms with Crippen molar-refractivity contribution in [1.29, 1.82) is 0 Å². The van der Waals surface area contributed by atoms with Crippen LogP contribution in [0.25, 0.3) is 11.1 Å². The minimum atomic E-state index is 1.19. The molecule has 1 heteroatoms. The van der Waals surface area contributed by atoms with Gasteiger partial charge in [-0.3, -0.25) is 0 Å². The molecule has 0 amide bonds. The van der Waals surface area contributed by atoms with E-state index in [4.69, 9.17) is 0 Å². The third kappa shape index (κ3) is 2.68. The molecule has 3 rings (SSSR count). The van der Waals surface area contributed by atoms with Crippen LogP contribution in [-0.4, -0.2) is 7.05 Å². The molecule has 0 radical (unpaired) electrons. The Labute approximate surface area is 126 Å². The van der Waals surface area contributed by atoms with Crippen LogP contribution in [-0.2, 0) is 0 Å². The van der Waals surface area contributed by atoms with Crippen LogP contribution in [0.5, 0.6) is 0 Å². The van der Waals surface area contributed by atoms with Crippen LogP contribution in [0.2, 0.25) is 0 Å². The first-order chi connectivity index (χ1) is 10.3. The highest BCUT2D eigenvalue weighted by Gasteiger charge is 2.12. The maximum atomic E-state index is 2.25. The molecule has 0 heterocycles. The largest absolute Gasteiger partial charge is 0.344 e. The summed E-state index contributed by atoms with van der Waals surface area (Å²) in [5.74, 6) is 0. The van der Waals surface area contributed by atoms with E-state index in [1.54, 1.807) is 0 Å². The molecule has 0 bridgehead atoms. The highest BCUT2D eigenvalue weighted by Crippen LogP contribution is 2.36. The fourth-order valence-corrected chi connectivity index (χ4v) is 2.70. The molecule has 0 aliphatic carbocycles. The summed E-state index contributed by atoms with van der Waals surface area (Å²) >= 11 is 0. The monoisotopic (exact) mass is 273 g/mol. The van der Waals surface area contributed by atoms with Gasteiger partial charge in [-0.2, -0.15) is 0 Å². The van der Waals surface area contributed by atoms with Crippen molar-refractivity contribution in [2.75, 3.05) is 11.9 Å². The smallest absolute Gasteiger partial charge is 0.0490 e. The van der Waals surface area contributed by atoms with Crippen LogP contribution < -0.4 is 4.90 Å². The van der Waals surface area contributed by atoms with Crippen LogP contribution in [0, 0.1) is 6.92 Å². The summed E-state index contributed by atoms with van der Waals surface area (Å²) in [5.41, 5.74) is 6.27. The lowest BCUT2D eigenvalue weighted by Crippen LogP contribution is -2.11. The third-order valence-electron chi connectivity index (χ3n) is 3.82. The molecule has 0 fully saturated rings. The lowest BCUT2D eigenvalue weighted by molar-refractivity contribution is 1.20. The normalized spacial score (nSPS) is 10.4. The van der Waals surface area contributed by atoms with Gasteiger partial charge in [-0.05, 0) is 36.2 Å². The van der Waals surface area contributed by atoms with Crippen molar-refractivity contribution >= 4 is 11.4 Å². The van der Waals surface area contributed by atoms with E-state index >= 15 is 0 Å². The number of nitrogens with zero attached hydrogens (tertiary/aromatic N) is 1. The molecule has 0 atom stereocenters. The second kappa shape index (κ2) is 5.84. The number of hydrogen-bond donors (Lipinski definition) is 0. The van der Waals surface area contributed by atoms with Crippen molar-refractivity contribution in [3.63, 3.8) is 0 Å². The maximum Gasteiger partial charge on any atom is 0.0490 e. The Morgan fingerprint density at radius 2 is 1.29 bits per heavy atom. The van der Waals surface area contributed by atoms with Gasteiger partial charge in [-0.15, -0.1) is 0 Å². The van der Waals surface area contributed by atoms with Gasteiger partial charge in [-0.25, -0.2) is 0 Å². The zero-order valence-electron chi connectivity index (χ0n) is 12.5. The fraction of sp³-hybridized carbons (Fsp3) is 0.100. The summed E-state index contributed by atoms with van der Waals surface area (Å²) in [5, 5.41) is 0. The zero-order valence-corrected chi connectivity index (χ0v) is 12.5. The molecule has 3 aromatic rings. The maximum absolute atomic E-state index is 2.25. The van der Waals surface area contributed by atoms with E-state index in [1.165, 1.54) is 28.1 Å². The molecule has 0 N–H and O–H groups in total. The van der Waals surface area contributed by atoms with E-state index in [9.17, 15) is 0 Å². The Balaban J connectivity index is 2.14. The van der Waals surface area contributed by atoms with Gasteiger partial charge in [-0.1, -0.05) is 60.7 Å². The zero-order chi connectivity index (χ0) is 14.7. The Morgan fingerprint density at radius 3 is 1.95 bits per heavy atom. The Bertz CT molecular complexity index is 717. The van der Waals surface area contributed by atoms with E-state index in [1.807, 2.05) is 6.07 Å². The molecule has 0 saturated carbocycles. The lowest BCUT2D eigenvalue weighted by Gasteiger charge is -2.24. The first-order valence-electron chi connectivity index (χ1n) is 7.21. The van der Waals surface area contributed by atoms with Gasteiger partial charge in [0.05, 0.1) is 0 Å². The molecule has 0 saturated heterocycles. The van der Waals surface area contributed by atoms with Gasteiger partial charge < -0.3 is 4.90 Å². The predicted molar refractivity (Wildman–Crippen MR) is 91.1 cm³/mol. The molecule has 0 unspecified atom stereocenters. The average molecular weight is 273 g/mol. The Morgan fingerprint density at radius 1 is 0.667 bits per heavy atom. The van der Waals surface area contributed by atoms with Crippen molar-refractivity contribution < 1.29 is 0 Å². The van der Waals surface area contributed by atoms with Crippen molar-refractivity contribution in [1.82, 2.24) is 0 Å². The third-order valence-corrected chi connectivity index (χ3v) is 3.82. The molecule has 0 aliphatic heterocycles. The number of anilines is 2. The first kappa shape index (κ1) is 13.4. The second-order valence-corrected chi connectivity index (χ2v) is 5.23. The predicted octanol–water partition coefficient (Wildman–Crippen LogP) is 5.43. The number of rotatable bonds is 3. The molecular formula is C20H19N. The van der Waals surface area contributed by atoms with Gasteiger partial charge in [0.25, 0.3) is 0 Å². The number of hydrogen-bond acceptors (Lipinski definition) is 1. The molecule has 0 spiro atoms. The summed E-state index contributed by atoms with van der Waals surface area (Å²) < 4.78 is 0. The second-order valence-electron chi connectivity index (χ2n) is 5.23. The Kier molecular flexibility index (Phi) is 3.74. The van der Waals surface area contributed by atoms with Gasteiger partial charge in [0, 0.05) is 24.0 Å². The molecule has 0 aliphatic rings. The molecule has 3 aromatic carbocycles. The van der Waals surface area contributed by atoms with E-state index in [2.05, 4.69) is 91.7 Å². The molecule has 104 valence electrons. The van der Waals surface area contributed by atoms with Crippen molar-refractivity contribution in [3.05, 3.63) is 84.4 Å². The van der Waals surface area contributed by atoms with Crippen molar-refractivity contribution in [2.45, 2.75) is 6.92 Å². The minimum Gasteiger partial charge on any atom is -0.344 e. The molecule has 1 nitrogen and oxygen atoms in total. The summed E-state index contributed by atoms with van der Waals surface area (Å²) in [6.45, 7) is 2.17.